The van der Waals surface area contributed by atoms with Crippen LogP contribution >= 0.6 is 0 Å². The van der Waals surface area contributed by atoms with E-state index in [0.717, 1.165) is 6.07 Å². The molecule has 0 aromatic heterocycles. The molecule has 0 bridgehead atoms. The van der Waals surface area contributed by atoms with Gasteiger partial charge in [-0.3, -0.25) is 4.99 Å². The van der Waals surface area contributed by atoms with E-state index >= 15 is 0 Å². The molecule has 2 N–H and O–H groups in total. The second-order valence-corrected chi connectivity index (χ2v) is 3.28. The lowest BCUT2D eigenvalue weighted by Gasteiger charge is -2.08. The van der Waals surface area contributed by atoms with Crippen LogP contribution in [-0.2, 0) is 6.42 Å². The summed E-state index contributed by atoms with van der Waals surface area (Å²) in [5.41, 5.74) is 0.622. The summed E-state index contributed by atoms with van der Waals surface area (Å²) in [6.07, 6.45) is 0.537. The summed E-state index contributed by atoms with van der Waals surface area (Å²) < 4.78 is 25.7. The molecule has 0 aliphatic heterocycles. The summed E-state index contributed by atoms with van der Waals surface area (Å²) in [6.45, 7) is 0.566. The van der Waals surface area contributed by atoms with Gasteiger partial charge < -0.3 is 10.6 Å². The topological polar surface area (TPSA) is 36.4 Å². The second kappa shape index (κ2) is 6.05. The first-order chi connectivity index (χ1) is 7.65. The molecule has 5 heteroatoms. The van der Waals surface area contributed by atoms with Gasteiger partial charge in [-0.15, -0.1) is 0 Å². The molecule has 0 aliphatic carbocycles. The Morgan fingerprint density at radius 3 is 2.38 bits per heavy atom. The molecule has 0 saturated carbocycles. The van der Waals surface area contributed by atoms with Crippen molar-refractivity contribution in [2.75, 3.05) is 20.6 Å². The van der Waals surface area contributed by atoms with Crippen LogP contribution in [0.3, 0.4) is 0 Å². The average Bonchev–Trinajstić information content (AvgIpc) is 2.23. The monoisotopic (exact) mass is 227 g/mol. The molecule has 88 valence electrons. The van der Waals surface area contributed by atoms with Gasteiger partial charge in [-0.25, -0.2) is 8.78 Å². The molecule has 1 aromatic carbocycles. The van der Waals surface area contributed by atoms with Gasteiger partial charge in [0, 0.05) is 26.7 Å². The highest BCUT2D eigenvalue weighted by atomic mass is 19.1. The lowest BCUT2D eigenvalue weighted by Crippen LogP contribution is -2.35. The minimum Gasteiger partial charge on any atom is -0.359 e. The van der Waals surface area contributed by atoms with Gasteiger partial charge >= 0.3 is 0 Å². The number of benzene rings is 1. The fraction of sp³-hybridized carbons (Fsp3) is 0.364. The van der Waals surface area contributed by atoms with Gasteiger partial charge in [-0.1, -0.05) is 0 Å². The standard InChI is InChI=1S/C11H15F2N3/c1-14-11(15-2)16-4-3-8-5-9(12)7-10(13)6-8/h5-7H,3-4H2,1-2H3,(H2,14,15,16). The summed E-state index contributed by atoms with van der Waals surface area (Å²) in [5.74, 6) is -0.446. The van der Waals surface area contributed by atoms with Crippen molar-refractivity contribution in [3.8, 4) is 0 Å². The Morgan fingerprint density at radius 1 is 1.25 bits per heavy atom. The van der Waals surface area contributed by atoms with Crippen molar-refractivity contribution >= 4 is 5.96 Å². The minimum atomic E-state index is -0.548. The van der Waals surface area contributed by atoms with Gasteiger partial charge in [-0.05, 0) is 24.1 Å². The number of hydrogen-bond donors (Lipinski definition) is 2. The van der Waals surface area contributed by atoms with Crippen molar-refractivity contribution in [3.63, 3.8) is 0 Å². The van der Waals surface area contributed by atoms with Crippen LogP contribution in [0.5, 0.6) is 0 Å². The number of nitrogens with zero attached hydrogens (tertiary/aromatic N) is 1. The van der Waals surface area contributed by atoms with Crippen LogP contribution in [0.2, 0.25) is 0 Å². The molecule has 0 radical (unpaired) electrons. The Labute approximate surface area is 93.6 Å². The van der Waals surface area contributed by atoms with Crippen molar-refractivity contribution in [1.29, 1.82) is 0 Å². The summed E-state index contributed by atoms with van der Waals surface area (Å²) in [5, 5.41) is 5.85. The van der Waals surface area contributed by atoms with Crippen LogP contribution in [0.1, 0.15) is 5.56 Å². The first kappa shape index (κ1) is 12.4. The number of rotatable bonds is 3. The molecule has 0 fully saturated rings. The quantitative estimate of drug-likeness (QED) is 0.603. The molecule has 0 spiro atoms. The Balaban J connectivity index is 2.49. The summed E-state index contributed by atoms with van der Waals surface area (Å²) in [6, 6.07) is 3.52. The fourth-order valence-corrected chi connectivity index (χ4v) is 1.36. The van der Waals surface area contributed by atoms with E-state index in [0.29, 0.717) is 24.5 Å². The Bertz CT molecular complexity index is 357. The van der Waals surface area contributed by atoms with E-state index in [9.17, 15) is 8.78 Å². The third-order valence-corrected chi connectivity index (χ3v) is 2.09. The third-order valence-electron chi connectivity index (χ3n) is 2.09. The summed E-state index contributed by atoms with van der Waals surface area (Å²) in [4.78, 5) is 3.92. The lowest BCUT2D eigenvalue weighted by molar-refractivity contribution is 0.579. The maximum absolute atomic E-state index is 12.8. The van der Waals surface area contributed by atoms with Gasteiger partial charge in [0.05, 0.1) is 0 Å². The number of nitrogens with one attached hydrogen (secondary N) is 2. The zero-order valence-electron chi connectivity index (χ0n) is 9.35. The van der Waals surface area contributed by atoms with Crippen LogP contribution < -0.4 is 10.6 Å². The van der Waals surface area contributed by atoms with E-state index in [4.69, 9.17) is 0 Å². The Hall–Kier alpha value is -1.65. The lowest BCUT2D eigenvalue weighted by atomic mass is 10.1. The minimum absolute atomic E-state index is 0.537. The van der Waals surface area contributed by atoms with E-state index in [1.165, 1.54) is 12.1 Å². The zero-order chi connectivity index (χ0) is 12.0. The molecule has 3 nitrogen and oxygen atoms in total. The molecule has 0 heterocycles. The molecular weight excluding hydrogens is 212 g/mol. The van der Waals surface area contributed by atoms with E-state index < -0.39 is 11.6 Å². The van der Waals surface area contributed by atoms with Crippen LogP contribution in [0.4, 0.5) is 8.78 Å². The second-order valence-electron chi connectivity index (χ2n) is 3.28. The normalized spacial score (nSPS) is 11.4. The summed E-state index contributed by atoms with van der Waals surface area (Å²) in [7, 11) is 3.40. The van der Waals surface area contributed by atoms with E-state index in [1.807, 2.05) is 0 Å². The number of halogens is 2. The SMILES string of the molecule is CN=C(NC)NCCc1cc(F)cc(F)c1. The molecule has 1 aromatic rings. The molecule has 16 heavy (non-hydrogen) atoms. The third kappa shape index (κ3) is 3.84. The van der Waals surface area contributed by atoms with Crippen molar-refractivity contribution in [1.82, 2.24) is 10.6 Å². The Kier molecular flexibility index (Phi) is 4.69. The van der Waals surface area contributed by atoms with Gasteiger partial charge in [0.2, 0.25) is 0 Å². The van der Waals surface area contributed by atoms with Crippen LogP contribution in [-0.4, -0.2) is 26.6 Å². The molecular formula is C11H15F2N3. The van der Waals surface area contributed by atoms with E-state index in [1.54, 1.807) is 14.1 Å². The largest absolute Gasteiger partial charge is 0.359 e. The molecule has 0 aliphatic rings. The number of guanidine groups is 1. The highest BCUT2D eigenvalue weighted by Crippen LogP contribution is 2.07. The Morgan fingerprint density at radius 2 is 1.88 bits per heavy atom. The van der Waals surface area contributed by atoms with E-state index in [2.05, 4.69) is 15.6 Å². The number of hydrogen-bond acceptors (Lipinski definition) is 1. The van der Waals surface area contributed by atoms with Crippen LogP contribution in [0.25, 0.3) is 0 Å². The highest BCUT2D eigenvalue weighted by Gasteiger charge is 2.00. The molecule has 0 atom stereocenters. The molecule has 1 rings (SSSR count). The molecule has 0 amide bonds. The average molecular weight is 227 g/mol. The highest BCUT2D eigenvalue weighted by molar-refractivity contribution is 5.79. The first-order valence-electron chi connectivity index (χ1n) is 4.99. The smallest absolute Gasteiger partial charge is 0.190 e. The van der Waals surface area contributed by atoms with Gasteiger partial charge in [0.25, 0.3) is 0 Å². The van der Waals surface area contributed by atoms with Gasteiger partial charge in [-0.2, -0.15) is 0 Å². The first-order valence-corrected chi connectivity index (χ1v) is 4.99. The van der Waals surface area contributed by atoms with Gasteiger partial charge in [0.15, 0.2) is 5.96 Å². The maximum Gasteiger partial charge on any atom is 0.190 e. The van der Waals surface area contributed by atoms with Gasteiger partial charge in [0.1, 0.15) is 11.6 Å². The maximum atomic E-state index is 12.8. The zero-order valence-corrected chi connectivity index (χ0v) is 9.35. The molecule has 0 unspecified atom stereocenters. The number of aliphatic imine (C=N–C) groups is 1. The molecule has 0 saturated heterocycles. The van der Waals surface area contributed by atoms with E-state index in [-0.39, 0.29) is 0 Å². The van der Waals surface area contributed by atoms with Crippen molar-refractivity contribution < 1.29 is 8.78 Å². The fourth-order valence-electron chi connectivity index (χ4n) is 1.36. The van der Waals surface area contributed by atoms with Crippen LogP contribution in [0.15, 0.2) is 23.2 Å². The van der Waals surface area contributed by atoms with Crippen molar-refractivity contribution in [2.24, 2.45) is 4.99 Å². The van der Waals surface area contributed by atoms with Crippen molar-refractivity contribution in [2.45, 2.75) is 6.42 Å². The van der Waals surface area contributed by atoms with Crippen molar-refractivity contribution in [3.05, 3.63) is 35.4 Å². The summed E-state index contributed by atoms with van der Waals surface area (Å²) >= 11 is 0. The predicted molar refractivity (Wildman–Crippen MR) is 60.5 cm³/mol. The predicted octanol–water partition coefficient (Wildman–Crippen LogP) is 1.30. The van der Waals surface area contributed by atoms with Crippen LogP contribution in [0, 0.1) is 11.6 Å².